The molecule has 33 heavy (non-hydrogen) atoms. The highest BCUT2D eigenvalue weighted by molar-refractivity contribution is 6.30. The SMILES string of the molecule is CC(C)(C)N=C1[C@@H](c2ccc(Cl)cc2)C(C#N)(C#N)[C@@H]2c3ccccc3-c3ccccc3N12. The molecule has 0 aromatic heterocycles. The smallest absolute Gasteiger partial charge is 0.182 e. The standard InChI is InChI=1S/C28H23ClN4/c1-27(2,3)32-26-24(18-12-14-19(29)15-13-18)28(16-30,17-31)25-22-10-5-4-8-20(22)21-9-6-7-11-23(21)33(25)26/h4-15,24-25H,1-3H3/t24-,25+/m1/s1. The van der Waals surface area contributed by atoms with Gasteiger partial charge in [-0.2, -0.15) is 10.5 Å². The Kier molecular flexibility index (Phi) is 4.82. The number of nitriles is 2. The summed E-state index contributed by atoms with van der Waals surface area (Å²) in [6, 6.07) is 28.1. The van der Waals surface area contributed by atoms with Gasteiger partial charge in [0, 0.05) is 10.6 Å². The van der Waals surface area contributed by atoms with Crippen LogP contribution >= 0.6 is 11.6 Å². The van der Waals surface area contributed by atoms with E-state index in [1.807, 2.05) is 75.4 Å². The Balaban J connectivity index is 1.90. The summed E-state index contributed by atoms with van der Waals surface area (Å²) >= 11 is 6.19. The van der Waals surface area contributed by atoms with Crippen LogP contribution in [0.25, 0.3) is 11.1 Å². The van der Waals surface area contributed by atoms with Crippen LogP contribution in [0.3, 0.4) is 0 Å². The number of aliphatic imine (C=N–C) groups is 1. The molecule has 5 heteroatoms. The quantitative estimate of drug-likeness (QED) is 0.405. The zero-order valence-electron chi connectivity index (χ0n) is 18.7. The second-order valence-corrected chi connectivity index (χ2v) is 10.0. The Morgan fingerprint density at radius 3 is 2.12 bits per heavy atom. The van der Waals surface area contributed by atoms with Gasteiger partial charge in [0.1, 0.15) is 5.84 Å². The molecule has 1 saturated heterocycles. The number of hydrogen-bond donors (Lipinski definition) is 0. The lowest BCUT2D eigenvalue weighted by Gasteiger charge is -2.38. The lowest BCUT2D eigenvalue weighted by Crippen LogP contribution is -2.36. The molecule has 0 aliphatic carbocycles. The van der Waals surface area contributed by atoms with Crippen molar-refractivity contribution in [1.82, 2.24) is 0 Å². The molecule has 3 aromatic rings. The normalized spacial score (nSPS) is 21.5. The minimum absolute atomic E-state index is 0.405. The third kappa shape index (κ3) is 3.14. The Hall–Kier alpha value is -3.60. The first-order valence-corrected chi connectivity index (χ1v) is 11.3. The number of benzene rings is 3. The van der Waals surface area contributed by atoms with Gasteiger partial charge in [-0.15, -0.1) is 0 Å². The highest BCUT2D eigenvalue weighted by Gasteiger charge is 2.62. The highest BCUT2D eigenvalue weighted by Crippen LogP contribution is 2.61. The van der Waals surface area contributed by atoms with Gasteiger partial charge in [-0.3, -0.25) is 4.99 Å². The summed E-state index contributed by atoms with van der Waals surface area (Å²) in [5.41, 5.74) is 3.14. The first-order chi connectivity index (χ1) is 15.8. The summed E-state index contributed by atoms with van der Waals surface area (Å²) in [6.07, 6.45) is 0. The molecular weight excluding hydrogens is 428 g/mol. The van der Waals surface area contributed by atoms with Crippen LogP contribution in [-0.2, 0) is 0 Å². The van der Waals surface area contributed by atoms with Crippen molar-refractivity contribution >= 4 is 23.1 Å². The van der Waals surface area contributed by atoms with Gasteiger partial charge in [-0.1, -0.05) is 66.2 Å². The Morgan fingerprint density at radius 2 is 1.48 bits per heavy atom. The van der Waals surface area contributed by atoms with Crippen LogP contribution in [0.2, 0.25) is 5.02 Å². The van der Waals surface area contributed by atoms with Gasteiger partial charge in [-0.25, -0.2) is 0 Å². The molecule has 0 bridgehead atoms. The molecule has 2 atom stereocenters. The number of fused-ring (bicyclic) bond motifs is 6. The van der Waals surface area contributed by atoms with Gasteiger partial charge in [0.05, 0.1) is 35.3 Å². The first-order valence-electron chi connectivity index (χ1n) is 11.0. The largest absolute Gasteiger partial charge is 0.319 e. The van der Waals surface area contributed by atoms with Gasteiger partial charge >= 0.3 is 0 Å². The number of anilines is 1. The third-order valence-electron chi connectivity index (χ3n) is 6.38. The number of para-hydroxylation sites is 1. The Morgan fingerprint density at radius 1 is 0.879 bits per heavy atom. The van der Waals surface area contributed by atoms with Crippen LogP contribution in [0, 0.1) is 28.1 Å². The van der Waals surface area contributed by atoms with Crippen LogP contribution in [0.4, 0.5) is 5.69 Å². The van der Waals surface area contributed by atoms with E-state index in [9.17, 15) is 10.5 Å². The third-order valence-corrected chi connectivity index (χ3v) is 6.63. The maximum Gasteiger partial charge on any atom is 0.182 e. The van der Waals surface area contributed by atoms with Gasteiger partial charge in [0.15, 0.2) is 5.41 Å². The molecule has 2 aliphatic heterocycles. The molecule has 4 nitrogen and oxygen atoms in total. The zero-order valence-corrected chi connectivity index (χ0v) is 19.5. The molecule has 5 rings (SSSR count). The molecule has 0 amide bonds. The minimum atomic E-state index is -1.37. The van der Waals surface area contributed by atoms with Crippen LogP contribution in [0.5, 0.6) is 0 Å². The van der Waals surface area contributed by atoms with Crippen molar-refractivity contribution in [3.05, 3.63) is 88.9 Å². The predicted molar refractivity (Wildman–Crippen MR) is 132 cm³/mol. The lowest BCUT2D eigenvalue weighted by molar-refractivity contribution is 0.437. The van der Waals surface area contributed by atoms with E-state index in [4.69, 9.17) is 16.6 Å². The number of halogens is 1. The molecular formula is C28H23ClN4. The van der Waals surface area contributed by atoms with E-state index in [1.54, 1.807) is 0 Å². The van der Waals surface area contributed by atoms with E-state index in [0.29, 0.717) is 5.02 Å². The fraction of sp³-hybridized carbons (Fsp3) is 0.250. The van der Waals surface area contributed by atoms with Gasteiger partial charge in [0.2, 0.25) is 0 Å². The predicted octanol–water partition coefficient (Wildman–Crippen LogP) is 6.90. The maximum atomic E-state index is 10.7. The molecule has 0 N–H and O–H groups in total. The summed E-state index contributed by atoms with van der Waals surface area (Å²) in [5, 5.41) is 21.9. The van der Waals surface area contributed by atoms with Crippen molar-refractivity contribution in [2.24, 2.45) is 10.4 Å². The topological polar surface area (TPSA) is 63.2 Å². The summed E-state index contributed by atoms with van der Waals surface area (Å²) in [6.45, 7) is 6.11. The van der Waals surface area contributed by atoms with Crippen molar-refractivity contribution in [2.75, 3.05) is 4.90 Å². The summed E-state index contributed by atoms with van der Waals surface area (Å²) < 4.78 is 0. The fourth-order valence-electron chi connectivity index (χ4n) is 5.18. The van der Waals surface area contributed by atoms with Crippen LogP contribution in [-0.4, -0.2) is 11.4 Å². The number of amidine groups is 1. The summed E-state index contributed by atoms with van der Waals surface area (Å²) in [4.78, 5) is 7.28. The van der Waals surface area contributed by atoms with Gasteiger partial charge in [-0.05, 0) is 55.7 Å². The molecule has 2 aliphatic rings. The second-order valence-electron chi connectivity index (χ2n) is 9.59. The molecule has 1 fully saturated rings. The van der Waals surface area contributed by atoms with Gasteiger partial charge in [0.25, 0.3) is 0 Å². The summed E-state index contributed by atoms with van der Waals surface area (Å²) in [5.74, 6) is 0.202. The fourth-order valence-corrected chi connectivity index (χ4v) is 5.31. The molecule has 0 unspecified atom stereocenters. The van der Waals surface area contributed by atoms with E-state index >= 15 is 0 Å². The molecule has 0 radical (unpaired) electrons. The maximum absolute atomic E-state index is 10.7. The average molecular weight is 451 g/mol. The van der Waals surface area contributed by atoms with E-state index in [-0.39, 0.29) is 0 Å². The number of hydrogen-bond acceptors (Lipinski definition) is 3. The molecule has 3 aromatic carbocycles. The first kappa shape index (κ1) is 21.3. The van der Waals surface area contributed by atoms with Crippen LogP contribution < -0.4 is 4.90 Å². The number of nitrogens with zero attached hydrogens (tertiary/aromatic N) is 4. The van der Waals surface area contributed by atoms with Crippen molar-refractivity contribution in [1.29, 1.82) is 10.5 Å². The summed E-state index contributed by atoms with van der Waals surface area (Å²) in [7, 11) is 0. The van der Waals surface area contributed by atoms with E-state index in [1.165, 1.54) is 0 Å². The zero-order chi connectivity index (χ0) is 23.4. The molecule has 0 spiro atoms. The van der Waals surface area contributed by atoms with Crippen LogP contribution in [0.1, 0.15) is 43.9 Å². The van der Waals surface area contributed by atoms with Gasteiger partial charge < -0.3 is 4.90 Å². The molecule has 2 heterocycles. The van der Waals surface area contributed by atoms with Crippen molar-refractivity contribution in [2.45, 2.75) is 38.3 Å². The Labute approximate surface area is 199 Å². The van der Waals surface area contributed by atoms with E-state index in [2.05, 4.69) is 35.2 Å². The minimum Gasteiger partial charge on any atom is -0.319 e. The van der Waals surface area contributed by atoms with E-state index in [0.717, 1.165) is 33.8 Å². The Bertz CT molecular complexity index is 1340. The lowest BCUT2D eigenvalue weighted by atomic mass is 9.69. The average Bonchev–Trinajstić information content (AvgIpc) is 3.09. The van der Waals surface area contributed by atoms with Crippen molar-refractivity contribution in [3.8, 4) is 23.3 Å². The highest BCUT2D eigenvalue weighted by atomic mass is 35.5. The monoisotopic (exact) mass is 450 g/mol. The van der Waals surface area contributed by atoms with E-state index < -0.39 is 22.9 Å². The second kappa shape index (κ2) is 7.48. The number of rotatable bonds is 1. The van der Waals surface area contributed by atoms with Crippen LogP contribution in [0.15, 0.2) is 77.8 Å². The van der Waals surface area contributed by atoms with Crippen molar-refractivity contribution in [3.63, 3.8) is 0 Å². The molecule has 0 saturated carbocycles. The molecule has 162 valence electrons. The van der Waals surface area contributed by atoms with Crippen molar-refractivity contribution < 1.29 is 0 Å².